The molecule has 0 radical (unpaired) electrons. The van der Waals surface area contributed by atoms with Gasteiger partial charge in [0.05, 0.1) is 0 Å². The standard InChI is InChI=1S/C18H39NOSSi2/c1-9-11-16(2)18(20-22(3,4)5)19-14-10-12-17(19)13-15-21-23(6,7)8/h17H,9-15H2,1-8H3/b18-16-/t17-/m0/s1. The molecule has 0 bridgehead atoms. The third kappa shape index (κ3) is 8.17. The van der Waals surface area contributed by atoms with Gasteiger partial charge in [0, 0.05) is 12.6 Å². The first-order chi connectivity index (χ1) is 10.5. The van der Waals surface area contributed by atoms with Crippen molar-refractivity contribution in [1.29, 1.82) is 0 Å². The Bertz CT molecular complexity index is 399. The van der Waals surface area contributed by atoms with Crippen molar-refractivity contribution in [1.82, 2.24) is 4.90 Å². The van der Waals surface area contributed by atoms with Crippen LogP contribution in [0.4, 0.5) is 0 Å². The SMILES string of the molecule is CCC/C(C)=C(\O[Si](C)(C)C)N1CCC[C@H]1CCS[Si](C)(C)C. The van der Waals surface area contributed by atoms with Gasteiger partial charge in [-0.3, -0.25) is 0 Å². The molecule has 23 heavy (non-hydrogen) atoms. The van der Waals surface area contributed by atoms with Gasteiger partial charge in [-0.1, -0.05) is 33.0 Å². The Kier molecular flexibility index (Phi) is 8.28. The molecule has 0 amide bonds. The fraction of sp³-hybridized carbons (Fsp3) is 0.889. The van der Waals surface area contributed by atoms with Crippen LogP contribution in [0.15, 0.2) is 11.5 Å². The molecule has 5 heteroatoms. The van der Waals surface area contributed by atoms with Gasteiger partial charge < -0.3 is 9.33 Å². The Hall–Kier alpha value is 0.124. The van der Waals surface area contributed by atoms with Crippen molar-refractivity contribution in [3.05, 3.63) is 11.5 Å². The fourth-order valence-corrected chi connectivity index (χ4v) is 7.13. The highest BCUT2D eigenvalue weighted by Crippen LogP contribution is 2.32. The Morgan fingerprint density at radius 1 is 1.17 bits per heavy atom. The molecule has 1 rings (SSSR count). The molecule has 0 N–H and O–H groups in total. The molecule has 2 nitrogen and oxygen atoms in total. The summed E-state index contributed by atoms with van der Waals surface area (Å²) in [6.07, 6.45) is 6.33. The molecule has 1 heterocycles. The molecule has 0 aromatic carbocycles. The van der Waals surface area contributed by atoms with Gasteiger partial charge in [0.1, 0.15) is 7.22 Å². The van der Waals surface area contributed by atoms with E-state index in [0.717, 1.165) is 6.42 Å². The van der Waals surface area contributed by atoms with Crippen LogP contribution in [0.5, 0.6) is 0 Å². The summed E-state index contributed by atoms with van der Waals surface area (Å²) < 4.78 is 6.56. The van der Waals surface area contributed by atoms with Crippen molar-refractivity contribution in [3.8, 4) is 0 Å². The largest absolute Gasteiger partial charge is 0.533 e. The zero-order chi connectivity index (χ0) is 17.7. The van der Waals surface area contributed by atoms with Crippen LogP contribution in [-0.4, -0.2) is 38.8 Å². The van der Waals surface area contributed by atoms with Gasteiger partial charge in [0.2, 0.25) is 8.32 Å². The van der Waals surface area contributed by atoms with Crippen LogP contribution in [0.1, 0.15) is 46.0 Å². The van der Waals surface area contributed by atoms with E-state index in [4.69, 9.17) is 4.43 Å². The third-order valence-electron chi connectivity index (χ3n) is 4.02. The van der Waals surface area contributed by atoms with Gasteiger partial charge >= 0.3 is 0 Å². The van der Waals surface area contributed by atoms with E-state index in [9.17, 15) is 0 Å². The summed E-state index contributed by atoms with van der Waals surface area (Å²) in [4.78, 5) is 2.62. The molecular formula is C18H39NOSSi2. The van der Waals surface area contributed by atoms with Gasteiger partial charge in [-0.05, 0) is 63.6 Å². The van der Waals surface area contributed by atoms with E-state index in [2.05, 4.69) is 69.2 Å². The summed E-state index contributed by atoms with van der Waals surface area (Å²) >= 11 is 2.23. The van der Waals surface area contributed by atoms with Crippen LogP contribution in [-0.2, 0) is 4.43 Å². The van der Waals surface area contributed by atoms with E-state index in [1.165, 1.54) is 49.4 Å². The number of hydrogen-bond donors (Lipinski definition) is 0. The maximum atomic E-state index is 6.56. The zero-order valence-corrected chi connectivity index (χ0v) is 19.6. The average molecular weight is 374 g/mol. The van der Waals surface area contributed by atoms with E-state index < -0.39 is 15.5 Å². The Balaban J connectivity index is 2.81. The molecule has 1 aliphatic heterocycles. The lowest BCUT2D eigenvalue weighted by molar-refractivity contribution is 0.189. The highest BCUT2D eigenvalue weighted by Gasteiger charge is 2.31. The normalized spacial score (nSPS) is 20.7. The minimum absolute atomic E-state index is 0.692. The van der Waals surface area contributed by atoms with Crippen molar-refractivity contribution in [2.75, 3.05) is 12.3 Å². The highest BCUT2D eigenvalue weighted by molar-refractivity contribution is 8.28. The van der Waals surface area contributed by atoms with E-state index in [-0.39, 0.29) is 0 Å². The second-order valence-corrected chi connectivity index (χ2v) is 22.7. The third-order valence-corrected chi connectivity index (χ3v) is 9.34. The Labute approximate surface area is 151 Å². The van der Waals surface area contributed by atoms with E-state index in [1.807, 2.05) is 0 Å². The summed E-state index contributed by atoms with van der Waals surface area (Å²) in [7, 11) is -2.56. The van der Waals surface area contributed by atoms with Crippen molar-refractivity contribution in [2.24, 2.45) is 0 Å². The molecule has 0 saturated carbocycles. The van der Waals surface area contributed by atoms with E-state index in [1.54, 1.807) is 0 Å². The minimum atomic E-state index is -1.57. The summed E-state index contributed by atoms with van der Waals surface area (Å²) in [5, 5.41) is 0. The summed E-state index contributed by atoms with van der Waals surface area (Å²) in [5.74, 6) is 2.55. The van der Waals surface area contributed by atoms with E-state index in [0.29, 0.717) is 6.04 Å². The van der Waals surface area contributed by atoms with Crippen molar-refractivity contribution >= 4 is 26.8 Å². The van der Waals surface area contributed by atoms with Crippen LogP contribution in [0, 0.1) is 0 Å². The molecule has 0 aromatic rings. The van der Waals surface area contributed by atoms with Crippen molar-refractivity contribution in [2.45, 2.75) is 91.3 Å². The van der Waals surface area contributed by atoms with Gasteiger partial charge in [-0.2, -0.15) is 11.2 Å². The summed E-state index contributed by atoms with van der Waals surface area (Å²) in [5.41, 5.74) is 1.46. The van der Waals surface area contributed by atoms with Crippen molar-refractivity contribution < 1.29 is 4.43 Å². The number of hydrogen-bond acceptors (Lipinski definition) is 3. The lowest BCUT2D eigenvalue weighted by atomic mass is 10.1. The minimum Gasteiger partial charge on any atom is -0.533 e. The topological polar surface area (TPSA) is 12.5 Å². The molecule has 1 fully saturated rings. The molecule has 1 saturated heterocycles. The second-order valence-electron chi connectivity index (χ2n) is 8.79. The first kappa shape index (κ1) is 21.2. The number of rotatable bonds is 9. The second kappa shape index (κ2) is 9.00. The van der Waals surface area contributed by atoms with Gasteiger partial charge in [-0.15, -0.1) is 0 Å². The predicted molar refractivity (Wildman–Crippen MR) is 112 cm³/mol. The van der Waals surface area contributed by atoms with Crippen LogP contribution in [0.3, 0.4) is 0 Å². The van der Waals surface area contributed by atoms with Gasteiger partial charge in [0.25, 0.3) is 0 Å². The van der Waals surface area contributed by atoms with Crippen LogP contribution >= 0.6 is 11.2 Å². The van der Waals surface area contributed by atoms with Gasteiger partial charge in [0.15, 0.2) is 5.88 Å². The molecule has 0 spiro atoms. The Morgan fingerprint density at radius 2 is 1.83 bits per heavy atom. The average Bonchev–Trinajstić information content (AvgIpc) is 2.82. The van der Waals surface area contributed by atoms with Crippen LogP contribution < -0.4 is 0 Å². The number of nitrogens with zero attached hydrogens (tertiary/aromatic N) is 1. The predicted octanol–water partition coefficient (Wildman–Crippen LogP) is 6.29. The monoisotopic (exact) mass is 373 g/mol. The lowest BCUT2D eigenvalue weighted by Gasteiger charge is -2.35. The van der Waals surface area contributed by atoms with Crippen LogP contribution in [0.25, 0.3) is 0 Å². The zero-order valence-electron chi connectivity index (χ0n) is 16.8. The maximum absolute atomic E-state index is 6.56. The molecule has 136 valence electrons. The Morgan fingerprint density at radius 3 is 2.35 bits per heavy atom. The fourth-order valence-electron chi connectivity index (χ4n) is 3.07. The van der Waals surface area contributed by atoms with Gasteiger partial charge in [-0.25, -0.2) is 0 Å². The number of likely N-dealkylation sites (tertiary alicyclic amines) is 1. The number of allylic oxidation sites excluding steroid dienone is 1. The van der Waals surface area contributed by atoms with Crippen molar-refractivity contribution in [3.63, 3.8) is 0 Å². The molecule has 0 aliphatic carbocycles. The van der Waals surface area contributed by atoms with Crippen LogP contribution in [0.2, 0.25) is 39.3 Å². The lowest BCUT2D eigenvalue weighted by Crippen LogP contribution is -2.37. The molecule has 0 aromatic heterocycles. The molecular weight excluding hydrogens is 334 g/mol. The smallest absolute Gasteiger partial charge is 0.244 e. The first-order valence-corrected chi connectivity index (χ1v) is 17.9. The highest BCUT2D eigenvalue weighted by atomic mass is 32.4. The summed E-state index contributed by atoms with van der Waals surface area (Å²) in [6, 6.07) is 0.692. The first-order valence-electron chi connectivity index (χ1n) is 9.33. The van der Waals surface area contributed by atoms with E-state index >= 15 is 0 Å². The quantitative estimate of drug-likeness (QED) is 0.348. The molecule has 1 atom stereocenters. The molecule has 1 aliphatic rings. The maximum Gasteiger partial charge on any atom is 0.244 e. The molecule has 0 unspecified atom stereocenters. The summed E-state index contributed by atoms with van der Waals surface area (Å²) in [6.45, 7) is 20.0.